The first-order valence-corrected chi connectivity index (χ1v) is 7.46. The van der Waals surface area contributed by atoms with E-state index in [-0.39, 0.29) is 12.0 Å². The van der Waals surface area contributed by atoms with Gasteiger partial charge in [0.05, 0.1) is 6.61 Å². The quantitative estimate of drug-likeness (QED) is 0.176. The third kappa shape index (κ3) is 2.81. The van der Waals surface area contributed by atoms with Crippen molar-refractivity contribution in [2.45, 2.75) is 43.6 Å². The first-order chi connectivity index (χ1) is 11.7. The Hall–Kier alpha value is -1.67. The topological polar surface area (TPSA) is 168 Å². The van der Waals surface area contributed by atoms with Crippen LogP contribution in [0.1, 0.15) is 18.9 Å². The standard InChI is InChI=1S/C13H20FN3O8/c1-2-3-7-4-16(11(21)15-10(7)20)13(23)12(22,17(24)6-14)9(19)8(5-18)25-13/h4,8-9,18-19,22-24H,2-3,5-6H2,1H3,(H,15,20,21)/t8-,9-,12-,13-/m1/s1. The maximum Gasteiger partial charge on any atom is 0.332 e. The summed E-state index contributed by atoms with van der Waals surface area (Å²) in [6, 6.07) is 0. The Kier molecular flexibility index (Phi) is 5.44. The van der Waals surface area contributed by atoms with E-state index in [2.05, 4.69) is 0 Å². The molecule has 0 radical (unpaired) electrons. The van der Waals surface area contributed by atoms with Gasteiger partial charge in [-0.15, -0.1) is 5.06 Å². The second-order valence-electron chi connectivity index (χ2n) is 5.67. The molecule has 1 aliphatic rings. The third-order valence-corrected chi connectivity index (χ3v) is 4.11. The average Bonchev–Trinajstić information content (AvgIpc) is 2.78. The molecule has 0 aliphatic carbocycles. The summed E-state index contributed by atoms with van der Waals surface area (Å²) in [5, 5.41) is 49.8. The highest BCUT2D eigenvalue weighted by Crippen LogP contribution is 2.42. The second-order valence-corrected chi connectivity index (χ2v) is 5.67. The van der Waals surface area contributed by atoms with Gasteiger partial charge in [0.15, 0.2) is 6.80 Å². The molecule has 0 aromatic carbocycles. The van der Waals surface area contributed by atoms with Crippen LogP contribution in [0.4, 0.5) is 4.39 Å². The Morgan fingerprint density at radius 2 is 2.08 bits per heavy atom. The van der Waals surface area contributed by atoms with Gasteiger partial charge < -0.3 is 30.4 Å². The molecule has 2 heterocycles. The second kappa shape index (κ2) is 6.92. The number of rotatable bonds is 6. The molecule has 0 unspecified atom stereocenters. The van der Waals surface area contributed by atoms with Crippen LogP contribution in [0.5, 0.6) is 0 Å². The van der Waals surface area contributed by atoms with E-state index in [1.165, 1.54) is 0 Å². The van der Waals surface area contributed by atoms with Gasteiger partial charge in [-0.2, -0.15) is 0 Å². The maximum absolute atomic E-state index is 12.9. The predicted octanol–water partition coefficient (Wildman–Crippen LogP) is -2.85. The fourth-order valence-electron chi connectivity index (χ4n) is 2.78. The minimum atomic E-state index is -3.25. The number of aliphatic hydroxyl groups is 4. The lowest BCUT2D eigenvalue weighted by Crippen LogP contribution is -2.68. The van der Waals surface area contributed by atoms with Gasteiger partial charge in [0.1, 0.15) is 12.2 Å². The molecule has 1 aromatic rings. The van der Waals surface area contributed by atoms with Crippen molar-refractivity contribution in [1.29, 1.82) is 0 Å². The number of aliphatic hydroxyl groups excluding tert-OH is 2. The van der Waals surface area contributed by atoms with Crippen molar-refractivity contribution in [3.8, 4) is 0 Å². The Balaban J connectivity index is 2.71. The Morgan fingerprint density at radius 1 is 1.44 bits per heavy atom. The van der Waals surface area contributed by atoms with Crippen LogP contribution in [-0.2, 0) is 17.1 Å². The molecule has 6 N–H and O–H groups in total. The monoisotopic (exact) mass is 365 g/mol. The molecule has 2 rings (SSSR count). The molecule has 1 aromatic heterocycles. The minimum Gasteiger partial charge on any atom is -0.394 e. The van der Waals surface area contributed by atoms with Crippen LogP contribution >= 0.6 is 0 Å². The molecule has 11 nitrogen and oxygen atoms in total. The van der Waals surface area contributed by atoms with E-state index in [1.54, 1.807) is 6.92 Å². The van der Waals surface area contributed by atoms with Crippen molar-refractivity contribution in [3.05, 3.63) is 32.6 Å². The summed E-state index contributed by atoms with van der Waals surface area (Å²) in [5.41, 5.74) is -5.20. The van der Waals surface area contributed by atoms with Crippen LogP contribution in [0.3, 0.4) is 0 Å². The van der Waals surface area contributed by atoms with Crippen LogP contribution in [-0.4, -0.2) is 71.6 Å². The number of hydrogen-bond acceptors (Lipinski definition) is 9. The van der Waals surface area contributed by atoms with Gasteiger partial charge >= 0.3 is 11.6 Å². The zero-order valence-corrected chi connectivity index (χ0v) is 13.3. The zero-order valence-electron chi connectivity index (χ0n) is 13.3. The molecule has 0 spiro atoms. The summed E-state index contributed by atoms with van der Waals surface area (Å²) in [6.07, 6.45) is -2.29. The average molecular weight is 365 g/mol. The summed E-state index contributed by atoms with van der Waals surface area (Å²) >= 11 is 0. The van der Waals surface area contributed by atoms with E-state index in [9.17, 15) is 39.6 Å². The van der Waals surface area contributed by atoms with E-state index >= 15 is 0 Å². The van der Waals surface area contributed by atoms with Crippen LogP contribution in [0.2, 0.25) is 0 Å². The highest BCUT2D eigenvalue weighted by atomic mass is 19.1. The van der Waals surface area contributed by atoms with E-state index in [4.69, 9.17) is 4.74 Å². The number of aromatic amines is 1. The van der Waals surface area contributed by atoms with Gasteiger partial charge in [0.2, 0.25) is 5.72 Å². The largest absolute Gasteiger partial charge is 0.394 e. The van der Waals surface area contributed by atoms with Gasteiger partial charge in [-0.3, -0.25) is 9.78 Å². The van der Waals surface area contributed by atoms with Gasteiger partial charge in [0.25, 0.3) is 5.56 Å². The molecular formula is C13H20FN3O8. The molecule has 0 saturated carbocycles. The highest BCUT2D eigenvalue weighted by molar-refractivity contribution is 5.10. The Morgan fingerprint density at radius 3 is 2.60 bits per heavy atom. The molecular weight excluding hydrogens is 345 g/mol. The number of hydroxylamine groups is 2. The normalized spacial score (nSPS) is 32.5. The van der Waals surface area contributed by atoms with Gasteiger partial charge in [-0.1, -0.05) is 13.3 Å². The number of aromatic nitrogens is 2. The number of nitrogens with zero attached hydrogens (tertiary/aromatic N) is 2. The molecule has 0 amide bonds. The van der Waals surface area contributed by atoms with Crippen molar-refractivity contribution in [3.63, 3.8) is 0 Å². The maximum atomic E-state index is 12.9. The first kappa shape index (κ1) is 19.7. The van der Waals surface area contributed by atoms with Crippen LogP contribution in [0.25, 0.3) is 0 Å². The van der Waals surface area contributed by atoms with Crippen molar-refractivity contribution < 1.29 is 34.8 Å². The molecule has 142 valence electrons. The summed E-state index contributed by atoms with van der Waals surface area (Å²) in [6.45, 7) is -0.931. The van der Waals surface area contributed by atoms with Crippen LogP contribution in [0, 0.1) is 0 Å². The number of hydrogen-bond donors (Lipinski definition) is 6. The Bertz CT molecular complexity index is 739. The SMILES string of the molecule is CCCc1cn([C@]2(O)O[C@H](CO)[C@@H](O)[C@]2(O)N(O)CF)c(=O)[nH]c1=O. The molecule has 0 bridgehead atoms. The third-order valence-electron chi connectivity index (χ3n) is 4.11. The van der Waals surface area contributed by atoms with E-state index in [0.717, 1.165) is 6.20 Å². The summed E-state index contributed by atoms with van der Waals surface area (Å²) in [7, 11) is 0. The first-order valence-electron chi connectivity index (χ1n) is 7.46. The Labute approximate surface area is 140 Å². The molecule has 1 aliphatic heterocycles. The fourth-order valence-corrected chi connectivity index (χ4v) is 2.78. The van der Waals surface area contributed by atoms with Gasteiger partial charge in [0, 0.05) is 11.8 Å². The zero-order chi connectivity index (χ0) is 19.0. The van der Waals surface area contributed by atoms with E-state index < -0.39 is 53.6 Å². The fraction of sp³-hybridized carbons (Fsp3) is 0.692. The van der Waals surface area contributed by atoms with Gasteiger partial charge in [-0.05, 0) is 6.42 Å². The van der Waals surface area contributed by atoms with E-state index in [1.807, 2.05) is 4.98 Å². The molecule has 1 saturated heterocycles. The van der Waals surface area contributed by atoms with Crippen LogP contribution in [0.15, 0.2) is 15.8 Å². The summed E-state index contributed by atoms with van der Waals surface area (Å²) < 4.78 is 18.2. The summed E-state index contributed by atoms with van der Waals surface area (Å²) in [5.74, 6) is -3.20. The number of ether oxygens (including phenoxy) is 1. The number of nitrogens with one attached hydrogen (secondary N) is 1. The lowest BCUT2D eigenvalue weighted by molar-refractivity contribution is -0.416. The molecule has 1 fully saturated rings. The smallest absolute Gasteiger partial charge is 0.332 e. The highest BCUT2D eigenvalue weighted by Gasteiger charge is 2.70. The van der Waals surface area contributed by atoms with Crippen molar-refractivity contribution in [2.75, 3.05) is 13.4 Å². The lowest BCUT2D eigenvalue weighted by Gasteiger charge is -2.40. The number of alkyl halides is 1. The van der Waals surface area contributed by atoms with E-state index in [0.29, 0.717) is 11.0 Å². The van der Waals surface area contributed by atoms with Crippen molar-refractivity contribution in [2.24, 2.45) is 0 Å². The van der Waals surface area contributed by atoms with Crippen molar-refractivity contribution >= 4 is 0 Å². The minimum absolute atomic E-state index is 0.0353. The molecule has 4 atom stereocenters. The number of H-pyrrole nitrogens is 1. The van der Waals surface area contributed by atoms with Crippen LogP contribution < -0.4 is 11.2 Å². The number of halogens is 1. The molecule has 12 heteroatoms. The lowest BCUT2D eigenvalue weighted by atomic mass is 10.0. The molecule has 25 heavy (non-hydrogen) atoms. The predicted molar refractivity (Wildman–Crippen MR) is 78.0 cm³/mol. The summed E-state index contributed by atoms with van der Waals surface area (Å²) in [4.78, 5) is 25.8. The number of aryl methyl sites for hydroxylation is 1. The van der Waals surface area contributed by atoms with Crippen molar-refractivity contribution in [1.82, 2.24) is 14.6 Å². The van der Waals surface area contributed by atoms with Gasteiger partial charge in [-0.25, -0.2) is 13.8 Å².